The number of esters is 3. The number of aromatic hydroxyl groups is 2. The molecular formula is C61H53IN8O25. The van der Waals surface area contributed by atoms with E-state index in [2.05, 4.69) is 30.8 Å². The van der Waals surface area contributed by atoms with Gasteiger partial charge in [0.2, 0.25) is 41.4 Å². The molecule has 0 aliphatic carbocycles. The van der Waals surface area contributed by atoms with Crippen LogP contribution < -0.4 is 30.7 Å². The average molecular weight is 1430 g/mol. The van der Waals surface area contributed by atoms with E-state index in [4.69, 9.17) is 31.0 Å². The van der Waals surface area contributed by atoms with E-state index in [0.717, 1.165) is 14.7 Å². The van der Waals surface area contributed by atoms with Gasteiger partial charge >= 0.3 is 35.8 Å². The van der Waals surface area contributed by atoms with Crippen LogP contribution in [0.5, 0.6) is 23.0 Å². The molecule has 0 bridgehead atoms. The molecule has 0 saturated carbocycles. The van der Waals surface area contributed by atoms with E-state index >= 15 is 0 Å². The minimum Gasteiger partial charge on any atom is -0.507 e. The molecule has 4 aromatic rings. The summed E-state index contributed by atoms with van der Waals surface area (Å²) in [5.74, 6) is -12.1. The van der Waals surface area contributed by atoms with Crippen molar-refractivity contribution < 1.29 is 121 Å². The number of carbonyl (C=O) groups is 18. The number of phenolic OH excluding ortho intramolecular Hbond substituents is 2. The van der Waals surface area contributed by atoms with Crippen LogP contribution in [0, 0.1) is 6.57 Å². The molecule has 4 unspecified atom stereocenters. The number of cyclic esters (lactones) is 2. The van der Waals surface area contributed by atoms with Crippen molar-refractivity contribution in [1.82, 2.24) is 36.0 Å². The Balaban J connectivity index is 0.000000174. The number of imide groups is 7. The smallest absolute Gasteiger partial charge is 0.350 e. The summed E-state index contributed by atoms with van der Waals surface area (Å²) in [6, 6.07) is 13.3. The summed E-state index contributed by atoms with van der Waals surface area (Å²) in [5.41, 5.74) is -0.601. The lowest BCUT2D eigenvalue weighted by Crippen LogP contribution is -2.54. The molecule has 8 heterocycles. The highest BCUT2D eigenvalue weighted by Crippen LogP contribution is 2.37. The van der Waals surface area contributed by atoms with E-state index in [1.165, 1.54) is 72.8 Å². The molecule has 34 heteroatoms. The van der Waals surface area contributed by atoms with Crippen LogP contribution in [0.25, 0.3) is 4.85 Å². The topological polar surface area (TPSA) is 467 Å². The maximum atomic E-state index is 12.9. The van der Waals surface area contributed by atoms with Crippen LogP contribution in [0.15, 0.2) is 72.8 Å². The third-order valence-electron chi connectivity index (χ3n) is 14.4. The number of nitrogens with one attached hydrogen (secondary N) is 4. The molecule has 4 atom stereocenters. The predicted octanol–water partition coefficient (Wildman–Crippen LogP) is 1.18. The Kier molecular flexibility index (Phi) is 21.9. The second kappa shape index (κ2) is 29.3. The van der Waals surface area contributed by atoms with Crippen LogP contribution >= 0.6 is 24.0 Å². The van der Waals surface area contributed by atoms with Crippen molar-refractivity contribution in [3.63, 3.8) is 0 Å². The molecule has 0 spiro atoms. The van der Waals surface area contributed by atoms with Crippen LogP contribution in [0.3, 0.4) is 0 Å². The summed E-state index contributed by atoms with van der Waals surface area (Å²) in [6.45, 7) is 10.6. The van der Waals surface area contributed by atoms with E-state index in [1.807, 2.05) is 0 Å². The first-order chi connectivity index (χ1) is 44.4. The lowest BCUT2D eigenvalue weighted by Gasteiger charge is -2.27. The highest BCUT2D eigenvalue weighted by atomic mass is 127. The van der Waals surface area contributed by atoms with Crippen LogP contribution in [-0.2, 0) is 57.4 Å². The van der Waals surface area contributed by atoms with Gasteiger partial charge in [0, 0.05) is 32.1 Å². The van der Waals surface area contributed by atoms with Crippen molar-refractivity contribution in [2.24, 2.45) is 0 Å². The number of carboxylic acids is 1. The molecule has 8 aliphatic rings. The van der Waals surface area contributed by atoms with Crippen molar-refractivity contribution >= 4 is 131 Å². The van der Waals surface area contributed by atoms with Gasteiger partial charge in [-0.25, -0.2) is 25.8 Å². The Bertz CT molecular complexity index is 4090. The van der Waals surface area contributed by atoms with Gasteiger partial charge in [-0.15, -0.1) is 24.0 Å². The third-order valence-corrected chi connectivity index (χ3v) is 14.4. The zero-order valence-electron chi connectivity index (χ0n) is 49.8. The predicted molar refractivity (Wildman–Crippen MR) is 322 cm³/mol. The second-order valence-corrected chi connectivity index (χ2v) is 21.9. The van der Waals surface area contributed by atoms with Gasteiger partial charge in [-0.05, 0) is 88.6 Å². The highest BCUT2D eigenvalue weighted by molar-refractivity contribution is 14.0. The van der Waals surface area contributed by atoms with E-state index in [9.17, 15) is 91.4 Å². The first-order valence-electron chi connectivity index (χ1n) is 28.1. The third kappa shape index (κ3) is 15.5. The number of nitrogens with zero attached hydrogens (tertiary/aromatic N) is 4. The molecule has 7 N–H and O–H groups in total. The van der Waals surface area contributed by atoms with Gasteiger partial charge in [-0.1, -0.05) is 24.3 Å². The van der Waals surface area contributed by atoms with E-state index in [0.29, 0.717) is 12.8 Å². The van der Waals surface area contributed by atoms with E-state index in [-0.39, 0.29) is 136 Å². The summed E-state index contributed by atoms with van der Waals surface area (Å²) in [6.07, 6.45) is 0.976. The minimum atomic E-state index is -1.23. The molecule has 494 valence electrons. The molecular weight excluding hydrogens is 1370 g/mol. The highest BCUT2D eigenvalue weighted by Gasteiger charge is 2.49. The molecule has 12 rings (SSSR count). The van der Waals surface area contributed by atoms with Crippen molar-refractivity contribution in [2.45, 2.75) is 102 Å². The summed E-state index contributed by atoms with van der Waals surface area (Å²) in [7, 11) is 0. The number of hydrogen-bond acceptors (Lipinski definition) is 24. The Labute approximate surface area is 551 Å². The number of aliphatic carboxylic acids is 1. The molecule has 0 aromatic heterocycles. The number of piperidine rings is 4. The summed E-state index contributed by atoms with van der Waals surface area (Å²) in [5, 5.41) is 36.0. The molecule has 0 radical (unpaired) electrons. The molecule has 33 nitrogen and oxygen atoms in total. The molecule has 4 fully saturated rings. The lowest BCUT2D eigenvalue weighted by atomic mass is 10.0. The number of ether oxygens (including phenoxy) is 4. The average Bonchev–Trinajstić information content (AvgIpc) is 1.62. The molecule has 95 heavy (non-hydrogen) atoms. The Morgan fingerprint density at radius 1 is 0.495 bits per heavy atom. The zero-order chi connectivity index (χ0) is 68.8. The van der Waals surface area contributed by atoms with Crippen molar-refractivity contribution in [3.05, 3.63) is 129 Å². The number of fused-ring (bicyclic) bond motifs is 4. The summed E-state index contributed by atoms with van der Waals surface area (Å²) < 4.78 is 19.9. The van der Waals surface area contributed by atoms with Crippen molar-refractivity contribution in [1.29, 1.82) is 0 Å². The van der Waals surface area contributed by atoms with Gasteiger partial charge < -0.3 is 39.1 Å². The number of phenols is 2. The number of amides is 14. The molecule has 4 saturated heterocycles. The van der Waals surface area contributed by atoms with Crippen LogP contribution in [0.2, 0.25) is 0 Å². The summed E-state index contributed by atoms with van der Waals surface area (Å²) in [4.78, 5) is 216. The molecule has 8 aliphatic heterocycles. The van der Waals surface area contributed by atoms with Crippen LogP contribution in [0.4, 0.5) is 0 Å². The standard InChI is InChI=1S/C19H20N2O7.C15H12N2O7.C13H10N2O5.C8H4O4.C6H6N2O2.HI/c1-19(2,3)28-14(23)9-27-12-6-4-5-10-15(12)18(26)21(17(10)25)11-7-8-13(22)20-16(11)24;18-10-5-4-8(13(21)16-10)17-14(22)7-2-1-3-9(12(7)15(17)23)24-6-11(19)20;16-8-3-1-2-6-10(8)13(20)15(12(6)19)7-4-5-9(17)14-11(7)18;9-5-3-1-2-4-6(5)8(11)12-7(4)10;1-7-4-2-3-5(9)8-6(4)10;/h4-6,11H,7-9H2,1-3H3,(H,20,22,24);1-3,8H,4-6H2,(H,19,20)(H,16,18,21);1-3,7,16H,4-5H2,(H,14,17,18);1-3,9H;4H,2-3H2,(H,8,9,10);1H. The van der Waals surface area contributed by atoms with Gasteiger partial charge in [0.25, 0.3) is 35.4 Å². The largest absolute Gasteiger partial charge is 0.507 e. The quantitative estimate of drug-likeness (QED) is 0.0407. The SMILES string of the molecule is CC(C)(C)OC(=O)COc1cccc2c1C(=O)N(C1CCC(=O)NC1=O)C2=O.I.O=C(O)COc1cccc2c1C(=O)N(C1CCC(=O)NC1=O)C2=O.O=C1CCC(N2C(=O)c3cccc(O)c3C2=O)C(=O)N1.O=C1OC(=O)c2c(O)cccc21.[C-]#[N+]C1CCC(=O)NC1=O. The van der Waals surface area contributed by atoms with Gasteiger partial charge in [0.1, 0.15) is 52.3 Å². The van der Waals surface area contributed by atoms with E-state index in [1.54, 1.807) is 20.8 Å². The van der Waals surface area contributed by atoms with Crippen molar-refractivity contribution in [2.75, 3.05) is 13.2 Å². The second-order valence-electron chi connectivity index (χ2n) is 21.9. The number of benzene rings is 4. The Morgan fingerprint density at radius 2 is 0.853 bits per heavy atom. The lowest BCUT2D eigenvalue weighted by molar-refractivity contribution is -0.157. The van der Waals surface area contributed by atoms with Crippen molar-refractivity contribution in [3.8, 4) is 23.0 Å². The van der Waals surface area contributed by atoms with Gasteiger partial charge in [0.05, 0.1) is 38.9 Å². The first-order valence-corrected chi connectivity index (χ1v) is 28.1. The fraction of sp³-hybridized carbons (Fsp3) is 0.295. The Morgan fingerprint density at radius 3 is 1.22 bits per heavy atom. The maximum Gasteiger partial charge on any atom is 0.350 e. The van der Waals surface area contributed by atoms with Crippen LogP contribution in [-0.4, -0.2) is 180 Å². The minimum absolute atomic E-state index is 0. The van der Waals surface area contributed by atoms with Gasteiger partial charge in [0.15, 0.2) is 13.2 Å². The summed E-state index contributed by atoms with van der Waals surface area (Å²) >= 11 is 0. The number of carbonyl (C=O) groups excluding carboxylic acids is 17. The van der Waals surface area contributed by atoms with E-state index < -0.39 is 144 Å². The molecule has 4 aromatic carbocycles. The Hall–Kier alpha value is -11.6. The number of rotatable bonds is 9. The fourth-order valence-corrected chi connectivity index (χ4v) is 10.3. The number of carboxylic acid groups (broad SMARTS) is 1. The molecule has 14 amide bonds. The monoisotopic (exact) mass is 1420 g/mol. The fourth-order valence-electron chi connectivity index (χ4n) is 10.3. The van der Waals surface area contributed by atoms with Gasteiger partial charge in [-0.2, -0.15) is 0 Å². The van der Waals surface area contributed by atoms with Crippen LogP contribution in [0.1, 0.15) is 155 Å². The van der Waals surface area contributed by atoms with Gasteiger partial charge in [-0.3, -0.25) is 103 Å². The number of hydrogen-bond donors (Lipinski definition) is 7. The normalized spacial score (nSPS) is 19.9. The number of halogens is 1. The first kappa shape index (κ1) is 70.8. The zero-order valence-corrected chi connectivity index (χ0v) is 52.2. The maximum absolute atomic E-state index is 12.9.